The molecule has 1 aliphatic rings. The molecule has 0 amide bonds. The van der Waals surface area contributed by atoms with E-state index in [0.717, 1.165) is 6.42 Å². The monoisotopic (exact) mass is 174 g/mol. The molecule has 1 aromatic carbocycles. The molecule has 0 fully saturated rings. The van der Waals surface area contributed by atoms with Gasteiger partial charge in [0.05, 0.1) is 6.04 Å². The van der Waals surface area contributed by atoms with E-state index in [1.54, 1.807) is 0 Å². The molecule has 1 atom stereocenters. The third-order valence-electron chi connectivity index (χ3n) is 2.99. The van der Waals surface area contributed by atoms with Crippen molar-refractivity contribution < 1.29 is 0 Å². The van der Waals surface area contributed by atoms with Crippen LogP contribution < -0.4 is 5.32 Å². The van der Waals surface area contributed by atoms with Crippen LogP contribution in [0.3, 0.4) is 0 Å². The van der Waals surface area contributed by atoms with E-state index in [1.165, 1.54) is 11.1 Å². The summed E-state index contributed by atoms with van der Waals surface area (Å²) in [4.78, 5) is 0. The number of fused-ring (bicyclic) bond motifs is 1. The zero-order valence-corrected chi connectivity index (χ0v) is 8.54. The van der Waals surface area contributed by atoms with Gasteiger partial charge in [0, 0.05) is 7.05 Å². The van der Waals surface area contributed by atoms with Gasteiger partial charge in [-0.2, -0.15) is 0 Å². The number of nitrogens with zero attached hydrogens (tertiary/aromatic N) is 1. The molecule has 1 unspecified atom stereocenters. The second kappa shape index (κ2) is 2.85. The van der Waals surface area contributed by atoms with Crippen molar-refractivity contribution in [1.29, 1.82) is 0 Å². The Hall–Kier alpha value is -0.820. The van der Waals surface area contributed by atoms with E-state index < -0.39 is 0 Å². The highest BCUT2D eigenvalue weighted by Crippen LogP contribution is 2.45. The van der Waals surface area contributed by atoms with Gasteiger partial charge < -0.3 is 0 Å². The van der Waals surface area contributed by atoms with Gasteiger partial charge in [-0.15, -0.1) is 0 Å². The van der Waals surface area contributed by atoms with Crippen LogP contribution in [0.2, 0.25) is 0 Å². The lowest BCUT2D eigenvalue weighted by atomic mass is 9.85. The fourth-order valence-corrected chi connectivity index (χ4v) is 2.46. The summed E-state index contributed by atoms with van der Waals surface area (Å²) in [6, 6.07) is 9.05. The van der Waals surface area contributed by atoms with Crippen LogP contribution in [0, 0.1) is 5.41 Å². The molecule has 69 valence electrons. The molecule has 0 spiro atoms. The summed E-state index contributed by atoms with van der Waals surface area (Å²) in [6.07, 6.45) is 1.16. The molecule has 1 aliphatic carbocycles. The predicted molar refractivity (Wildman–Crippen MR) is 54.7 cm³/mol. The van der Waals surface area contributed by atoms with E-state index in [1.807, 2.05) is 7.05 Å². The zero-order valence-electron chi connectivity index (χ0n) is 8.54. The van der Waals surface area contributed by atoms with E-state index in [4.69, 9.17) is 0 Å². The summed E-state index contributed by atoms with van der Waals surface area (Å²) in [5.41, 5.74) is 3.21. The van der Waals surface area contributed by atoms with Crippen LogP contribution in [-0.4, -0.2) is 7.05 Å². The first-order chi connectivity index (χ1) is 6.15. The van der Waals surface area contributed by atoms with Crippen molar-refractivity contribution in [3.05, 3.63) is 35.4 Å². The molecule has 13 heavy (non-hydrogen) atoms. The van der Waals surface area contributed by atoms with Gasteiger partial charge in [-0.25, -0.2) is 5.32 Å². The first-order valence-corrected chi connectivity index (χ1v) is 4.82. The van der Waals surface area contributed by atoms with Crippen LogP contribution in [0.5, 0.6) is 0 Å². The van der Waals surface area contributed by atoms with Crippen molar-refractivity contribution in [3.63, 3.8) is 0 Å². The van der Waals surface area contributed by atoms with Gasteiger partial charge in [-0.1, -0.05) is 38.1 Å². The van der Waals surface area contributed by atoms with E-state index in [-0.39, 0.29) is 0 Å². The summed E-state index contributed by atoms with van der Waals surface area (Å²) in [5.74, 6) is 0. The average molecular weight is 174 g/mol. The largest absolute Gasteiger partial charge is 0.236 e. The molecular formula is C12H16N. The Kier molecular flexibility index (Phi) is 1.92. The molecule has 0 aliphatic heterocycles. The van der Waals surface area contributed by atoms with Crippen LogP contribution in [0.15, 0.2) is 24.3 Å². The van der Waals surface area contributed by atoms with E-state index in [9.17, 15) is 0 Å². The van der Waals surface area contributed by atoms with Gasteiger partial charge >= 0.3 is 0 Å². The van der Waals surface area contributed by atoms with Gasteiger partial charge in [0.25, 0.3) is 0 Å². The molecule has 0 N–H and O–H groups in total. The highest BCUT2D eigenvalue weighted by atomic mass is 14.9. The quantitative estimate of drug-likeness (QED) is 0.621. The molecule has 2 rings (SSSR count). The topological polar surface area (TPSA) is 14.1 Å². The van der Waals surface area contributed by atoms with E-state index in [0.29, 0.717) is 11.5 Å². The second-order valence-corrected chi connectivity index (χ2v) is 4.52. The Morgan fingerprint density at radius 3 is 2.69 bits per heavy atom. The average Bonchev–Trinajstić information content (AvgIpc) is 2.33. The third-order valence-corrected chi connectivity index (χ3v) is 2.99. The molecule has 0 saturated carbocycles. The summed E-state index contributed by atoms with van der Waals surface area (Å²) in [6.45, 7) is 4.59. The lowest BCUT2D eigenvalue weighted by Gasteiger charge is -2.25. The Balaban J connectivity index is 2.46. The molecule has 0 heterocycles. The Bertz CT molecular complexity index is 315. The van der Waals surface area contributed by atoms with Crippen LogP contribution in [-0.2, 0) is 6.42 Å². The van der Waals surface area contributed by atoms with Crippen LogP contribution in [0.4, 0.5) is 0 Å². The normalized spacial score (nSPS) is 24.4. The smallest absolute Gasteiger partial charge is 0.0549 e. The summed E-state index contributed by atoms with van der Waals surface area (Å²) >= 11 is 0. The number of hydrogen-bond donors (Lipinski definition) is 0. The fourth-order valence-electron chi connectivity index (χ4n) is 2.46. The molecular weight excluding hydrogens is 158 g/mol. The van der Waals surface area contributed by atoms with Crippen LogP contribution in [0.1, 0.15) is 31.0 Å². The minimum atomic E-state index is 0.304. The number of rotatable bonds is 1. The summed E-state index contributed by atoms with van der Waals surface area (Å²) in [7, 11) is 1.93. The minimum Gasteiger partial charge on any atom is -0.236 e. The van der Waals surface area contributed by atoms with Crippen molar-refractivity contribution in [2.75, 3.05) is 7.05 Å². The highest BCUT2D eigenvalue weighted by molar-refractivity contribution is 5.37. The fraction of sp³-hybridized carbons (Fsp3) is 0.500. The van der Waals surface area contributed by atoms with Crippen molar-refractivity contribution in [1.82, 2.24) is 5.32 Å². The maximum Gasteiger partial charge on any atom is 0.0549 e. The Morgan fingerprint density at radius 1 is 1.31 bits per heavy atom. The minimum absolute atomic E-state index is 0.304. The standard InChI is InChI=1S/C12H16N/c1-12(2)8-9-6-4-5-7-10(9)11(12)13-3/h4-7,11H,8H2,1-3H3. The molecule has 1 aromatic rings. The van der Waals surface area contributed by atoms with Crippen molar-refractivity contribution in [2.24, 2.45) is 5.41 Å². The lowest BCUT2D eigenvalue weighted by Crippen LogP contribution is -2.23. The first kappa shape index (κ1) is 8.76. The van der Waals surface area contributed by atoms with Crippen molar-refractivity contribution in [3.8, 4) is 0 Å². The molecule has 0 aromatic heterocycles. The van der Waals surface area contributed by atoms with Gasteiger partial charge in [0.2, 0.25) is 0 Å². The lowest BCUT2D eigenvalue weighted by molar-refractivity contribution is 0.279. The van der Waals surface area contributed by atoms with Crippen molar-refractivity contribution in [2.45, 2.75) is 26.3 Å². The molecule has 1 nitrogen and oxygen atoms in total. The SMILES string of the molecule is C[N]C1c2ccccc2CC1(C)C. The Labute approximate surface area is 80.2 Å². The van der Waals surface area contributed by atoms with E-state index >= 15 is 0 Å². The predicted octanol–water partition coefficient (Wildman–Crippen LogP) is 2.54. The van der Waals surface area contributed by atoms with Crippen molar-refractivity contribution >= 4 is 0 Å². The number of benzene rings is 1. The summed E-state index contributed by atoms with van der Waals surface area (Å²) < 4.78 is 0. The first-order valence-electron chi connectivity index (χ1n) is 4.82. The Morgan fingerprint density at radius 2 is 2.00 bits per heavy atom. The molecule has 1 radical (unpaired) electrons. The maximum absolute atomic E-state index is 4.48. The highest BCUT2D eigenvalue weighted by Gasteiger charge is 2.38. The van der Waals surface area contributed by atoms with Crippen LogP contribution in [0.25, 0.3) is 0 Å². The molecule has 0 saturated heterocycles. The maximum atomic E-state index is 4.48. The summed E-state index contributed by atoms with van der Waals surface area (Å²) in [5, 5.41) is 4.48. The molecule has 1 heteroatoms. The van der Waals surface area contributed by atoms with Gasteiger partial charge in [0.15, 0.2) is 0 Å². The van der Waals surface area contributed by atoms with Gasteiger partial charge in [0.1, 0.15) is 0 Å². The zero-order chi connectivity index (χ0) is 9.47. The van der Waals surface area contributed by atoms with Gasteiger partial charge in [-0.05, 0) is 23.0 Å². The second-order valence-electron chi connectivity index (χ2n) is 4.52. The molecule has 0 bridgehead atoms. The third kappa shape index (κ3) is 1.28. The van der Waals surface area contributed by atoms with Gasteiger partial charge in [-0.3, -0.25) is 0 Å². The van der Waals surface area contributed by atoms with E-state index in [2.05, 4.69) is 43.4 Å². The van der Waals surface area contributed by atoms with Crippen LogP contribution >= 0.6 is 0 Å². The number of hydrogen-bond acceptors (Lipinski definition) is 0.